The van der Waals surface area contributed by atoms with Gasteiger partial charge in [0.2, 0.25) is 0 Å². The number of carbonyl (C=O) groups excluding carboxylic acids is 1. The van der Waals surface area contributed by atoms with Gasteiger partial charge in [-0.15, -0.1) is 0 Å². The fraction of sp³-hybridized carbons (Fsp3) is 0.368. The predicted molar refractivity (Wildman–Crippen MR) is 92.2 cm³/mol. The van der Waals surface area contributed by atoms with Gasteiger partial charge in [-0.2, -0.15) is 4.73 Å². The molecule has 1 aromatic heterocycles. The van der Waals surface area contributed by atoms with Crippen LogP contribution in [0.15, 0.2) is 54.9 Å². The first-order valence-electron chi connectivity index (χ1n) is 8.36. The number of likely N-dealkylation sites (N-methyl/N-ethyl adjacent to an activating group) is 1. The molecule has 2 aromatic rings. The minimum absolute atomic E-state index is 0.00779. The summed E-state index contributed by atoms with van der Waals surface area (Å²) in [5.41, 5.74) is 1.86. The zero-order chi connectivity index (χ0) is 16.9. The lowest BCUT2D eigenvalue weighted by Gasteiger charge is -2.37. The first kappa shape index (κ1) is 16.5. The number of hydrogen-bond donors (Lipinski definition) is 0. The average Bonchev–Trinajstić information content (AvgIpc) is 2.63. The monoisotopic (exact) mass is 325 g/mol. The Bertz CT molecular complexity index is 673. The molecule has 0 saturated carbocycles. The van der Waals surface area contributed by atoms with Gasteiger partial charge in [0, 0.05) is 37.8 Å². The smallest absolute Gasteiger partial charge is 0.254 e. The summed E-state index contributed by atoms with van der Waals surface area (Å²) in [5, 5.41) is 11.1. The lowest BCUT2D eigenvalue weighted by Crippen LogP contribution is -2.48. The Morgan fingerprint density at radius 1 is 1.25 bits per heavy atom. The lowest BCUT2D eigenvalue weighted by atomic mass is 10.0. The van der Waals surface area contributed by atoms with E-state index in [1.807, 2.05) is 11.0 Å². The van der Waals surface area contributed by atoms with Crippen LogP contribution >= 0.6 is 0 Å². The fourth-order valence-corrected chi connectivity index (χ4v) is 3.24. The number of benzene rings is 1. The van der Waals surface area contributed by atoms with Crippen molar-refractivity contribution in [2.24, 2.45) is 0 Å². The van der Waals surface area contributed by atoms with Gasteiger partial charge in [0.1, 0.15) is 0 Å². The molecule has 24 heavy (non-hydrogen) atoms. The summed E-state index contributed by atoms with van der Waals surface area (Å²) in [6.45, 7) is 2.39. The normalized spacial score (nSPS) is 17.9. The standard InChI is InChI=1S/C19H23N3O2/c1-20(14-16-6-3-2-4-7-16)18-8-5-11-21(15-18)19(23)17-9-12-22(24)13-10-17/h2-4,6-7,9-10,12-13,18H,5,8,11,14-15H2,1H3/t18-/m1/s1. The summed E-state index contributed by atoms with van der Waals surface area (Å²) in [6.07, 6.45) is 4.85. The van der Waals surface area contributed by atoms with Crippen LogP contribution in [0.1, 0.15) is 28.8 Å². The summed E-state index contributed by atoms with van der Waals surface area (Å²) in [5.74, 6) is 0.00779. The topological polar surface area (TPSA) is 50.5 Å². The minimum atomic E-state index is 0.00779. The molecule has 1 saturated heterocycles. The molecule has 126 valence electrons. The number of aromatic nitrogens is 1. The van der Waals surface area contributed by atoms with Crippen LogP contribution in [-0.2, 0) is 6.54 Å². The maximum Gasteiger partial charge on any atom is 0.254 e. The molecule has 5 nitrogen and oxygen atoms in total. The van der Waals surface area contributed by atoms with Crippen molar-refractivity contribution in [1.29, 1.82) is 0 Å². The second kappa shape index (κ2) is 7.45. The van der Waals surface area contributed by atoms with E-state index in [1.54, 1.807) is 12.1 Å². The van der Waals surface area contributed by atoms with Crippen LogP contribution in [0.25, 0.3) is 0 Å². The van der Waals surface area contributed by atoms with Gasteiger partial charge in [-0.25, -0.2) is 0 Å². The quantitative estimate of drug-likeness (QED) is 0.639. The fourth-order valence-electron chi connectivity index (χ4n) is 3.24. The Morgan fingerprint density at radius 3 is 2.67 bits per heavy atom. The Balaban J connectivity index is 1.63. The highest BCUT2D eigenvalue weighted by atomic mass is 16.5. The summed E-state index contributed by atoms with van der Waals surface area (Å²) in [6, 6.07) is 13.9. The second-order valence-corrected chi connectivity index (χ2v) is 6.39. The Morgan fingerprint density at radius 2 is 1.96 bits per heavy atom. The molecule has 0 N–H and O–H groups in total. The van der Waals surface area contributed by atoms with Crippen LogP contribution in [0.5, 0.6) is 0 Å². The molecule has 1 amide bonds. The first-order chi connectivity index (χ1) is 11.6. The van der Waals surface area contributed by atoms with E-state index < -0.39 is 0 Å². The average molecular weight is 325 g/mol. The number of rotatable bonds is 4. The summed E-state index contributed by atoms with van der Waals surface area (Å²) < 4.78 is 0.698. The van der Waals surface area contributed by atoms with E-state index in [0.717, 1.165) is 32.5 Å². The van der Waals surface area contributed by atoms with E-state index >= 15 is 0 Å². The molecule has 1 aliphatic heterocycles. The van der Waals surface area contributed by atoms with Crippen molar-refractivity contribution in [3.05, 3.63) is 71.2 Å². The third-order valence-electron chi connectivity index (χ3n) is 4.63. The summed E-state index contributed by atoms with van der Waals surface area (Å²) >= 11 is 0. The molecular formula is C19H23N3O2. The highest BCUT2D eigenvalue weighted by Crippen LogP contribution is 2.18. The van der Waals surface area contributed by atoms with Crippen molar-refractivity contribution in [3.8, 4) is 0 Å². The second-order valence-electron chi connectivity index (χ2n) is 6.39. The van der Waals surface area contributed by atoms with E-state index in [2.05, 4.69) is 36.2 Å². The highest BCUT2D eigenvalue weighted by Gasteiger charge is 2.27. The molecule has 5 heteroatoms. The number of piperidine rings is 1. The van der Waals surface area contributed by atoms with Crippen molar-refractivity contribution in [2.75, 3.05) is 20.1 Å². The number of nitrogens with zero attached hydrogens (tertiary/aromatic N) is 3. The van der Waals surface area contributed by atoms with Crippen LogP contribution in [0.4, 0.5) is 0 Å². The van der Waals surface area contributed by atoms with Gasteiger partial charge in [0.15, 0.2) is 12.4 Å². The zero-order valence-electron chi connectivity index (χ0n) is 14.0. The Labute approximate surface area is 142 Å². The van der Waals surface area contributed by atoms with Crippen LogP contribution in [0, 0.1) is 5.21 Å². The molecule has 3 rings (SSSR count). The van der Waals surface area contributed by atoms with E-state index in [-0.39, 0.29) is 5.91 Å². The van der Waals surface area contributed by atoms with E-state index in [0.29, 0.717) is 16.3 Å². The molecule has 0 unspecified atom stereocenters. The van der Waals surface area contributed by atoms with Crippen molar-refractivity contribution in [1.82, 2.24) is 9.80 Å². The van der Waals surface area contributed by atoms with Crippen LogP contribution in [0.2, 0.25) is 0 Å². The predicted octanol–water partition coefficient (Wildman–Crippen LogP) is 2.06. The first-order valence-corrected chi connectivity index (χ1v) is 8.36. The molecule has 1 fully saturated rings. The third-order valence-corrected chi connectivity index (χ3v) is 4.63. The van der Waals surface area contributed by atoms with Gasteiger partial charge in [0.25, 0.3) is 5.91 Å². The molecule has 0 radical (unpaired) electrons. The van der Waals surface area contributed by atoms with Gasteiger partial charge >= 0.3 is 0 Å². The number of hydrogen-bond acceptors (Lipinski definition) is 3. The largest absolute Gasteiger partial charge is 0.619 e. The van der Waals surface area contributed by atoms with Gasteiger partial charge in [-0.05, 0) is 25.5 Å². The molecule has 0 spiro atoms. The number of pyridine rings is 1. The summed E-state index contributed by atoms with van der Waals surface area (Å²) in [7, 11) is 2.12. The number of amides is 1. The van der Waals surface area contributed by atoms with Crippen LogP contribution in [0.3, 0.4) is 0 Å². The van der Waals surface area contributed by atoms with E-state index in [4.69, 9.17) is 0 Å². The molecule has 1 atom stereocenters. The highest BCUT2D eigenvalue weighted by molar-refractivity contribution is 5.94. The Kier molecular flexibility index (Phi) is 5.11. The molecule has 0 bridgehead atoms. The molecule has 2 heterocycles. The maximum atomic E-state index is 12.6. The SMILES string of the molecule is CN(Cc1ccccc1)[C@@H]1CCCN(C(=O)c2cc[n+]([O-])cc2)C1. The van der Waals surface area contributed by atoms with Crippen molar-refractivity contribution < 1.29 is 9.52 Å². The van der Waals surface area contributed by atoms with E-state index in [1.165, 1.54) is 18.0 Å². The van der Waals surface area contributed by atoms with Gasteiger partial charge in [-0.3, -0.25) is 9.69 Å². The molecule has 1 aromatic carbocycles. The Hall–Kier alpha value is -2.40. The lowest BCUT2D eigenvalue weighted by molar-refractivity contribution is -0.605. The molecule has 1 aliphatic rings. The molecule has 0 aliphatic carbocycles. The van der Waals surface area contributed by atoms with Crippen molar-refractivity contribution in [3.63, 3.8) is 0 Å². The van der Waals surface area contributed by atoms with Crippen LogP contribution < -0.4 is 4.73 Å². The van der Waals surface area contributed by atoms with E-state index in [9.17, 15) is 10.0 Å². The third kappa shape index (κ3) is 3.92. The molecular weight excluding hydrogens is 302 g/mol. The number of likely N-dealkylation sites (tertiary alicyclic amines) is 1. The van der Waals surface area contributed by atoms with Gasteiger partial charge in [0.05, 0.1) is 5.56 Å². The zero-order valence-corrected chi connectivity index (χ0v) is 14.0. The van der Waals surface area contributed by atoms with Crippen molar-refractivity contribution in [2.45, 2.75) is 25.4 Å². The summed E-state index contributed by atoms with van der Waals surface area (Å²) in [4.78, 5) is 16.9. The minimum Gasteiger partial charge on any atom is -0.619 e. The maximum absolute atomic E-state index is 12.6. The van der Waals surface area contributed by atoms with Crippen molar-refractivity contribution >= 4 is 5.91 Å². The van der Waals surface area contributed by atoms with Crippen LogP contribution in [-0.4, -0.2) is 41.9 Å². The number of carbonyl (C=O) groups is 1. The van der Waals surface area contributed by atoms with Gasteiger partial charge < -0.3 is 10.1 Å². The van der Waals surface area contributed by atoms with Gasteiger partial charge in [-0.1, -0.05) is 30.3 Å².